The van der Waals surface area contributed by atoms with Gasteiger partial charge in [-0.05, 0) is 26.0 Å². The second-order valence-electron chi connectivity index (χ2n) is 4.80. The van der Waals surface area contributed by atoms with Crippen molar-refractivity contribution in [2.24, 2.45) is 0 Å². The Hall–Kier alpha value is -2.21. The molecule has 0 saturated heterocycles. The minimum absolute atomic E-state index is 0.0276. The molecule has 0 aliphatic carbocycles. The lowest BCUT2D eigenvalue weighted by Gasteiger charge is -2.07. The highest BCUT2D eigenvalue weighted by molar-refractivity contribution is 7.18. The average molecular weight is 287 g/mol. The van der Waals surface area contributed by atoms with Crippen molar-refractivity contribution in [3.05, 3.63) is 45.6 Å². The molecule has 20 heavy (non-hydrogen) atoms. The van der Waals surface area contributed by atoms with Crippen molar-refractivity contribution < 1.29 is 4.79 Å². The monoisotopic (exact) mass is 287 g/mol. The third-order valence-electron chi connectivity index (χ3n) is 2.85. The Morgan fingerprint density at radius 1 is 1.35 bits per heavy atom. The van der Waals surface area contributed by atoms with Crippen LogP contribution in [0.15, 0.2) is 35.1 Å². The van der Waals surface area contributed by atoms with Crippen LogP contribution in [0.5, 0.6) is 0 Å². The summed E-state index contributed by atoms with van der Waals surface area (Å²) in [6.07, 6.45) is 0. The van der Waals surface area contributed by atoms with Crippen LogP contribution in [-0.4, -0.2) is 21.3 Å². The van der Waals surface area contributed by atoms with Gasteiger partial charge in [-0.1, -0.05) is 23.5 Å². The van der Waals surface area contributed by atoms with E-state index in [9.17, 15) is 9.59 Å². The van der Waals surface area contributed by atoms with Gasteiger partial charge in [0.1, 0.15) is 4.88 Å². The Bertz CT molecular complexity index is 864. The summed E-state index contributed by atoms with van der Waals surface area (Å²) in [5.41, 5.74) is 1.28. The van der Waals surface area contributed by atoms with Crippen molar-refractivity contribution in [1.82, 2.24) is 14.7 Å². The quantitative estimate of drug-likeness (QED) is 0.784. The molecule has 102 valence electrons. The number of amides is 1. The molecule has 5 nitrogen and oxygen atoms in total. The number of fused-ring (bicyclic) bond motifs is 3. The van der Waals surface area contributed by atoms with Crippen LogP contribution in [0.1, 0.15) is 23.5 Å². The van der Waals surface area contributed by atoms with Gasteiger partial charge in [0.15, 0.2) is 4.96 Å². The Kier molecular flexibility index (Phi) is 3.02. The van der Waals surface area contributed by atoms with Crippen LogP contribution in [0.4, 0.5) is 0 Å². The highest BCUT2D eigenvalue weighted by Crippen LogP contribution is 2.19. The fourth-order valence-corrected chi connectivity index (χ4v) is 2.97. The van der Waals surface area contributed by atoms with E-state index < -0.39 is 0 Å². The second kappa shape index (κ2) is 4.72. The zero-order valence-electron chi connectivity index (χ0n) is 11.1. The predicted molar refractivity (Wildman–Crippen MR) is 79.4 cm³/mol. The van der Waals surface area contributed by atoms with Gasteiger partial charge in [-0.2, -0.15) is 0 Å². The molecule has 0 bridgehead atoms. The maximum absolute atomic E-state index is 12.2. The van der Waals surface area contributed by atoms with Crippen molar-refractivity contribution >= 4 is 33.2 Å². The van der Waals surface area contributed by atoms with E-state index in [0.29, 0.717) is 9.84 Å². The van der Waals surface area contributed by atoms with Crippen LogP contribution in [0.2, 0.25) is 0 Å². The number of hydrogen-bond donors (Lipinski definition) is 1. The number of carbonyl (C=O) groups is 1. The predicted octanol–water partition coefficient (Wildman–Crippen LogP) is 2.05. The van der Waals surface area contributed by atoms with Crippen LogP contribution in [0, 0.1) is 0 Å². The lowest BCUT2D eigenvalue weighted by Crippen LogP contribution is -2.30. The standard InChI is InChI=1S/C14H13N3O2S/c1-8(2)15-13(19)11-7-12(18)17-10-6-4-3-5-9(10)16-14(17)20-11/h3-8H,1-2H3,(H,15,19). The summed E-state index contributed by atoms with van der Waals surface area (Å²) in [7, 11) is 0. The molecular formula is C14H13N3O2S. The molecule has 0 saturated carbocycles. The number of carbonyl (C=O) groups excluding carboxylic acids is 1. The molecule has 0 radical (unpaired) electrons. The molecule has 2 heterocycles. The van der Waals surface area contributed by atoms with Gasteiger partial charge in [0.05, 0.1) is 11.0 Å². The van der Waals surface area contributed by atoms with E-state index in [2.05, 4.69) is 10.3 Å². The summed E-state index contributed by atoms with van der Waals surface area (Å²) in [6, 6.07) is 8.82. The van der Waals surface area contributed by atoms with E-state index in [1.54, 1.807) is 0 Å². The second-order valence-corrected chi connectivity index (χ2v) is 5.80. The largest absolute Gasteiger partial charge is 0.349 e. The van der Waals surface area contributed by atoms with Crippen molar-refractivity contribution in [2.75, 3.05) is 0 Å². The first-order valence-corrected chi connectivity index (χ1v) is 7.10. The number of nitrogens with one attached hydrogen (secondary N) is 1. The van der Waals surface area contributed by atoms with Gasteiger partial charge in [0.25, 0.3) is 11.5 Å². The zero-order valence-corrected chi connectivity index (χ0v) is 11.9. The maximum atomic E-state index is 12.2. The summed E-state index contributed by atoms with van der Waals surface area (Å²) in [5.74, 6) is -0.239. The number of rotatable bonds is 2. The molecule has 0 atom stereocenters. The first-order valence-electron chi connectivity index (χ1n) is 6.28. The lowest BCUT2D eigenvalue weighted by molar-refractivity contribution is 0.0947. The van der Waals surface area contributed by atoms with Crippen LogP contribution in [0.25, 0.3) is 16.0 Å². The molecule has 0 aliphatic heterocycles. The summed E-state index contributed by atoms with van der Waals surface area (Å²) in [4.78, 5) is 29.5. The van der Waals surface area contributed by atoms with E-state index >= 15 is 0 Å². The fraction of sp³-hybridized carbons (Fsp3) is 0.214. The number of imidazole rings is 1. The normalized spacial score (nSPS) is 11.3. The first-order chi connectivity index (χ1) is 9.56. The van der Waals surface area contributed by atoms with Gasteiger partial charge in [-0.25, -0.2) is 4.98 Å². The van der Waals surface area contributed by atoms with Gasteiger partial charge in [-0.3, -0.25) is 14.0 Å². The minimum atomic E-state index is -0.239. The van der Waals surface area contributed by atoms with Gasteiger partial charge in [0.2, 0.25) is 0 Å². The molecule has 0 unspecified atom stereocenters. The van der Waals surface area contributed by atoms with Crippen molar-refractivity contribution in [1.29, 1.82) is 0 Å². The Morgan fingerprint density at radius 2 is 2.10 bits per heavy atom. The molecule has 0 fully saturated rings. The fourth-order valence-electron chi connectivity index (χ4n) is 2.04. The molecule has 1 N–H and O–H groups in total. The van der Waals surface area contributed by atoms with Gasteiger partial charge in [-0.15, -0.1) is 0 Å². The zero-order chi connectivity index (χ0) is 14.3. The van der Waals surface area contributed by atoms with Crippen molar-refractivity contribution in [3.8, 4) is 0 Å². The van der Waals surface area contributed by atoms with E-state index in [0.717, 1.165) is 11.0 Å². The molecule has 2 aromatic heterocycles. The molecule has 1 aromatic carbocycles. The van der Waals surface area contributed by atoms with Crippen LogP contribution in [-0.2, 0) is 0 Å². The maximum Gasteiger partial charge on any atom is 0.261 e. The highest BCUT2D eigenvalue weighted by Gasteiger charge is 2.14. The molecule has 6 heteroatoms. The molecule has 3 aromatic rings. The van der Waals surface area contributed by atoms with Crippen LogP contribution >= 0.6 is 11.3 Å². The molecule has 0 aliphatic rings. The Labute approximate surface area is 118 Å². The van der Waals surface area contributed by atoms with Crippen molar-refractivity contribution in [3.63, 3.8) is 0 Å². The molecule has 1 amide bonds. The van der Waals surface area contributed by atoms with Crippen LogP contribution < -0.4 is 10.9 Å². The molecular weight excluding hydrogens is 274 g/mol. The number of aromatic nitrogens is 2. The lowest BCUT2D eigenvalue weighted by atomic mass is 10.3. The van der Waals surface area contributed by atoms with E-state index in [-0.39, 0.29) is 17.5 Å². The summed E-state index contributed by atoms with van der Waals surface area (Å²) in [5, 5.41) is 2.78. The number of para-hydroxylation sites is 2. The molecule has 3 rings (SSSR count). The minimum Gasteiger partial charge on any atom is -0.349 e. The summed E-state index contributed by atoms with van der Waals surface area (Å²) < 4.78 is 1.53. The van der Waals surface area contributed by atoms with Gasteiger partial charge in [0, 0.05) is 12.1 Å². The third kappa shape index (κ3) is 2.08. The van der Waals surface area contributed by atoms with Gasteiger partial charge < -0.3 is 5.32 Å². The SMILES string of the molecule is CC(C)NC(=O)c1cc(=O)n2c(nc3ccccc32)s1. The Morgan fingerprint density at radius 3 is 2.85 bits per heavy atom. The van der Waals surface area contributed by atoms with Crippen LogP contribution in [0.3, 0.4) is 0 Å². The van der Waals surface area contributed by atoms with E-state index in [1.165, 1.54) is 21.8 Å². The number of benzene rings is 1. The Balaban J connectivity index is 2.22. The molecule has 0 spiro atoms. The number of nitrogens with zero attached hydrogens (tertiary/aromatic N) is 2. The van der Waals surface area contributed by atoms with E-state index in [4.69, 9.17) is 0 Å². The smallest absolute Gasteiger partial charge is 0.261 e. The average Bonchev–Trinajstić information content (AvgIpc) is 2.76. The topological polar surface area (TPSA) is 63.5 Å². The van der Waals surface area contributed by atoms with E-state index in [1.807, 2.05) is 38.1 Å². The van der Waals surface area contributed by atoms with Crippen molar-refractivity contribution in [2.45, 2.75) is 19.9 Å². The first kappa shape index (κ1) is 12.8. The van der Waals surface area contributed by atoms with Gasteiger partial charge >= 0.3 is 0 Å². The summed E-state index contributed by atoms with van der Waals surface area (Å²) in [6.45, 7) is 3.76. The number of hydrogen-bond acceptors (Lipinski definition) is 4. The summed E-state index contributed by atoms with van der Waals surface area (Å²) >= 11 is 1.22. The highest BCUT2D eigenvalue weighted by atomic mass is 32.1. The third-order valence-corrected chi connectivity index (χ3v) is 3.83.